The maximum Gasteiger partial charge on any atom is 0.308 e. The zero-order chi connectivity index (χ0) is 22.0. The number of anilines is 1. The third kappa shape index (κ3) is 4.45. The molecule has 7 nitrogen and oxygen atoms in total. The Morgan fingerprint density at radius 1 is 1.03 bits per heavy atom. The first-order valence-corrected chi connectivity index (χ1v) is 10.8. The van der Waals surface area contributed by atoms with Gasteiger partial charge in [-0.1, -0.05) is 43.2 Å². The number of fused-ring (bicyclic) bond motifs is 2. The van der Waals surface area contributed by atoms with Crippen LogP contribution >= 0.6 is 0 Å². The molecule has 3 atom stereocenters. The molecule has 0 spiro atoms. The van der Waals surface area contributed by atoms with E-state index in [2.05, 4.69) is 5.32 Å². The van der Waals surface area contributed by atoms with E-state index in [1.54, 1.807) is 6.07 Å². The van der Waals surface area contributed by atoms with E-state index in [-0.39, 0.29) is 36.6 Å². The number of benzene rings is 2. The minimum Gasteiger partial charge on any atom is -0.452 e. The van der Waals surface area contributed by atoms with Crippen molar-refractivity contribution in [3.05, 3.63) is 42.5 Å². The van der Waals surface area contributed by atoms with Gasteiger partial charge < -0.3 is 10.1 Å². The van der Waals surface area contributed by atoms with Crippen LogP contribution in [0.4, 0.5) is 5.69 Å². The summed E-state index contributed by atoms with van der Waals surface area (Å²) in [4.78, 5) is 50.8. The molecule has 1 saturated heterocycles. The lowest BCUT2D eigenvalue weighted by atomic mass is 9.81. The third-order valence-electron chi connectivity index (χ3n) is 6.17. The van der Waals surface area contributed by atoms with E-state index in [4.69, 9.17) is 4.74 Å². The second-order valence-corrected chi connectivity index (χ2v) is 8.26. The SMILES string of the molecule is C[C@@H](OC(=O)CCN1C(=O)[C@H]2CCCC[C@@H]2C1=O)C(=O)Nc1ccc2ccccc2c1. The molecule has 0 radical (unpaired) electrons. The van der Waals surface area contributed by atoms with Crippen molar-refractivity contribution < 1.29 is 23.9 Å². The lowest BCUT2D eigenvalue weighted by Crippen LogP contribution is -2.35. The predicted octanol–water partition coefficient (Wildman–Crippen LogP) is 3.28. The molecule has 2 aliphatic rings. The van der Waals surface area contributed by atoms with Crippen LogP contribution in [0.5, 0.6) is 0 Å². The van der Waals surface area contributed by atoms with Gasteiger partial charge in [0.1, 0.15) is 0 Å². The largest absolute Gasteiger partial charge is 0.452 e. The molecular weight excluding hydrogens is 396 g/mol. The summed E-state index contributed by atoms with van der Waals surface area (Å²) in [5.41, 5.74) is 0.613. The van der Waals surface area contributed by atoms with E-state index in [1.807, 2.05) is 36.4 Å². The molecule has 4 rings (SSSR count). The number of nitrogens with one attached hydrogen (secondary N) is 1. The number of carbonyl (C=O) groups excluding carboxylic acids is 4. The summed E-state index contributed by atoms with van der Waals surface area (Å²) >= 11 is 0. The summed E-state index contributed by atoms with van der Waals surface area (Å²) in [5, 5.41) is 4.80. The summed E-state index contributed by atoms with van der Waals surface area (Å²) in [6, 6.07) is 13.3. The number of carbonyl (C=O) groups is 4. The number of hydrogen-bond acceptors (Lipinski definition) is 5. The van der Waals surface area contributed by atoms with Crippen LogP contribution in [0.25, 0.3) is 10.8 Å². The van der Waals surface area contributed by atoms with Crippen molar-refractivity contribution in [2.45, 2.75) is 45.1 Å². The second-order valence-electron chi connectivity index (χ2n) is 8.26. The molecule has 31 heavy (non-hydrogen) atoms. The molecule has 1 aliphatic carbocycles. The summed E-state index contributed by atoms with van der Waals surface area (Å²) in [7, 11) is 0. The normalized spacial score (nSPS) is 21.6. The van der Waals surface area contributed by atoms with Gasteiger partial charge in [-0.25, -0.2) is 0 Å². The highest BCUT2D eigenvalue weighted by Crippen LogP contribution is 2.38. The van der Waals surface area contributed by atoms with Gasteiger partial charge >= 0.3 is 5.97 Å². The van der Waals surface area contributed by atoms with E-state index in [0.717, 1.165) is 36.5 Å². The molecule has 1 saturated carbocycles. The summed E-state index contributed by atoms with van der Waals surface area (Å²) in [5.74, 6) is -1.87. The second kappa shape index (κ2) is 8.88. The first-order valence-electron chi connectivity index (χ1n) is 10.8. The van der Waals surface area contributed by atoms with Crippen LogP contribution in [0.3, 0.4) is 0 Å². The number of esters is 1. The summed E-state index contributed by atoms with van der Waals surface area (Å²) in [6.45, 7) is 1.50. The van der Waals surface area contributed by atoms with E-state index in [1.165, 1.54) is 11.8 Å². The van der Waals surface area contributed by atoms with Crippen molar-refractivity contribution in [2.24, 2.45) is 11.8 Å². The summed E-state index contributed by atoms with van der Waals surface area (Å²) in [6.07, 6.45) is 2.28. The fraction of sp³-hybridized carbons (Fsp3) is 0.417. The van der Waals surface area contributed by atoms with Crippen molar-refractivity contribution in [3.8, 4) is 0 Å². The lowest BCUT2D eigenvalue weighted by molar-refractivity contribution is -0.154. The number of nitrogens with zero attached hydrogens (tertiary/aromatic N) is 1. The monoisotopic (exact) mass is 422 g/mol. The predicted molar refractivity (Wildman–Crippen MR) is 115 cm³/mol. The van der Waals surface area contributed by atoms with Crippen LogP contribution in [-0.4, -0.2) is 41.2 Å². The highest BCUT2D eigenvalue weighted by atomic mass is 16.5. The minimum absolute atomic E-state index is 0.00249. The molecule has 0 bridgehead atoms. The molecule has 2 fully saturated rings. The molecule has 1 heterocycles. The van der Waals surface area contributed by atoms with Gasteiger partial charge in [-0.05, 0) is 42.7 Å². The number of rotatable bonds is 6. The lowest BCUT2D eigenvalue weighted by Gasteiger charge is -2.19. The van der Waals surface area contributed by atoms with Crippen LogP contribution in [-0.2, 0) is 23.9 Å². The Morgan fingerprint density at radius 2 is 1.68 bits per heavy atom. The van der Waals surface area contributed by atoms with Crippen molar-refractivity contribution in [3.63, 3.8) is 0 Å². The van der Waals surface area contributed by atoms with Crippen molar-refractivity contribution in [2.75, 3.05) is 11.9 Å². The number of likely N-dealkylation sites (tertiary alicyclic amines) is 1. The zero-order valence-electron chi connectivity index (χ0n) is 17.5. The summed E-state index contributed by atoms with van der Waals surface area (Å²) < 4.78 is 5.22. The molecule has 3 amide bonds. The van der Waals surface area contributed by atoms with Gasteiger partial charge in [0.15, 0.2) is 6.10 Å². The van der Waals surface area contributed by atoms with Crippen LogP contribution in [0, 0.1) is 11.8 Å². The van der Waals surface area contributed by atoms with Crippen LogP contribution in [0.15, 0.2) is 42.5 Å². The standard InChI is InChI=1S/C24H26N2O5/c1-15(22(28)25-18-11-10-16-6-2-3-7-17(16)14-18)31-21(27)12-13-26-23(29)19-8-4-5-9-20(19)24(26)30/h2-3,6-7,10-11,14-15,19-20H,4-5,8-9,12-13H2,1H3,(H,25,28)/t15-,19+,20+/m1/s1. The maximum atomic E-state index is 12.5. The smallest absolute Gasteiger partial charge is 0.308 e. The third-order valence-corrected chi connectivity index (χ3v) is 6.17. The van der Waals surface area contributed by atoms with Crippen LogP contribution < -0.4 is 5.32 Å². The Kier molecular flexibility index (Phi) is 6.02. The molecule has 2 aromatic rings. The molecule has 1 N–H and O–H groups in total. The first-order chi connectivity index (χ1) is 14.9. The average molecular weight is 422 g/mol. The van der Waals surface area contributed by atoms with Gasteiger partial charge in [-0.15, -0.1) is 0 Å². The highest BCUT2D eigenvalue weighted by Gasteiger charge is 2.47. The fourth-order valence-electron chi connectivity index (χ4n) is 4.48. The van der Waals surface area contributed by atoms with E-state index in [0.29, 0.717) is 5.69 Å². The van der Waals surface area contributed by atoms with Gasteiger partial charge in [-0.2, -0.15) is 0 Å². The number of hydrogen-bond donors (Lipinski definition) is 1. The topological polar surface area (TPSA) is 92.8 Å². The highest BCUT2D eigenvalue weighted by molar-refractivity contribution is 6.05. The van der Waals surface area contributed by atoms with Crippen molar-refractivity contribution in [1.29, 1.82) is 0 Å². The molecule has 2 aromatic carbocycles. The number of ether oxygens (including phenoxy) is 1. The minimum atomic E-state index is -0.994. The molecule has 0 unspecified atom stereocenters. The Labute approximate surface area is 180 Å². The molecule has 162 valence electrons. The first kappa shape index (κ1) is 21.0. The average Bonchev–Trinajstić information content (AvgIpc) is 3.02. The van der Waals surface area contributed by atoms with Crippen LogP contribution in [0.1, 0.15) is 39.0 Å². The van der Waals surface area contributed by atoms with Gasteiger partial charge in [0.2, 0.25) is 11.8 Å². The van der Waals surface area contributed by atoms with Gasteiger partial charge in [0, 0.05) is 12.2 Å². The Bertz CT molecular complexity index is 1010. The van der Waals surface area contributed by atoms with Crippen molar-refractivity contribution >= 4 is 40.2 Å². The van der Waals surface area contributed by atoms with Crippen LogP contribution in [0.2, 0.25) is 0 Å². The van der Waals surface area contributed by atoms with Gasteiger partial charge in [0.05, 0.1) is 18.3 Å². The molecular formula is C24H26N2O5. The Hall–Kier alpha value is -3.22. The van der Waals surface area contributed by atoms with Gasteiger partial charge in [-0.3, -0.25) is 24.1 Å². The van der Waals surface area contributed by atoms with E-state index in [9.17, 15) is 19.2 Å². The number of imide groups is 1. The molecule has 7 heteroatoms. The van der Waals surface area contributed by atoms with Gasteiger partial charge in [0.25, 0.3) is 5.91 Å². The fourth-order valence-corrected chi connectivity index (χ4v) is 4.48. The van der Waals surface area contributed by atoms with E-state index < -0.39 is 18.0 Å². The number of amides is 3. The Morgan fingerprint density at radius 3 is 2.35 bits per heavy atom. The van der Waals surface area contributed by atoms with E-state index >= 15 is 0 Å². The zero-order valence-corrected chi connectivity index (χ0v) is 17.5. The van der Waals surface area contributed by atoms with Crippen molar-refractivity contribution in [1.82, 2.24) is 4.90 Å². The maximum absolute atomic E-state index is 12.5. The quantitative estimate of drug-likeness (QED) is 0.570. The Balaban J connectivity index is 1.28. The molecule has 0 aromatic heterocycles. The molecule has 1 aliphatic heterocycles.